The van der Waals surface area contributed by atoms with E-state index in [1.54, 1.807) is 30.6 Å². The van der Waals surface area contributed by atoms with E-state index in [0.29, 0.717) is 10.8 Å². The van der Waals surface area contributed by atoms with Gasteiger partial charge in [-0.3, -0.25) is 0 Å². The maximum atomic E-state index is 10.2. The van der Waals surface area contributed by atoms with Gasteiger partial charge in [-0.1, -0.05) is 17.7 Å². The molecule has 0 aliphatic rings. The minimum atomic E-state index is -0.625. The molecule has 1 aromatic heterocycles. The van der Waals surface area contributed by atoms with Gasteiger partial charge in [0.2, 0.25) is 0 Å². The van der Waals surface area contributed by atoms with Gasteiger partial charge < -0.3 is 9.84 Å². The van der Waals surface area contributed by atoms with Crippen LogP contribution in [-0.2, 0) is 0 Å². The third-order valence-corrected chi connectivity index (χ3v) is 3.89. The smallest absolute Gasteiger partial charge is 0.137 e. The Bertz CT molecular complexity index is 522. The fourth-order valence-corrected chi connectivity index (χ4v) is 2.70. The second-order valence-corrected chi connectivity index (χ2v) is 5.47. The van der Waals surface area contributed by atoms with Crippen molar-refractivity contribution in [2.24, 2.45) is 0 Å². The number of hydrogen-bond acceptors (Lipinski definition) is 3. The molecule has 0 bridgehead atoms. The van der Waals surface area contributed by atoms with Crippen molar-refractivity contribution < 1.29 is 9.84 Å². The fraction of sp³-hybridized carbons (Fsp3) is 0.231. The van der Waals surface area contributed by atoms with Crippen LogP contribution in [-0.4, -0.2) is 12.2 Å². The summed E-state index contributed by atoms with van der Waals surface area (Å²) in [5, 5.41) is 10.8. The molecular formula is C13H13ClO2S. The molecule has 1 atom stereocenters. The minimum Gasteiger partial charge on any atom is -0.495 e. The molecule has 4 heteroatoms. The lowest BCUT2D eigenvalue weighted by Gasteiger charge is -2.11. The Hall–Kier alpha value is -1.03. The summed E-state index contributed by atoms with van der Waals surface area (Å²) in [6.07, 6.45) is -0.625. The van der Waals surface area contributed by atoms with Crippen molar-refractivity contribution in [1.29, 1.82) is 0 Å². The van der Waals surface area contributed by atoms with Gasteiger partial charge in [0.15, 0.2) is 0 Å². The number of halogens is 1. The molecule has 1 aromatic carbocycles. The summed E-state index contributed by atoms with van der Waals surface area (Å²) >= 11 is 7.53. The van der Waals surface area contributed by atoms with Gasteiger partial charge in [-0.05, 0) is 36.8 Å². The summed E-state index contributed by atoms with van der Waals surface area (Å²) in [6.45, 7) is 2.02. The summed E-state index contributed by atoms with van der Waals surface area (Å²) in [5.41, 5.74) is 0.785. The highest BCUT2D eigenvalue weighted by Crippen LogP contribution is 2.32. The topological polar surface area (TPSA) is 29.5 Å². The number of ether oxygens (including phenoxy) is 1. The van der Waals surface area contributed by atoms with Crippen LogP contribution in [0.15, 0.2) is 30.3 Å². The van der Waals surface area contributed by atoms with Gasteiger partial charge in [0.1, 0.15) is 11.9 Å². The zero-order valence-electron chi connectivity index (χ0n) is 9.61. The molecule has 2 rings (SSSR count). The molecule has 1 heterocycles. The standard InChI is InChI=1S/C13H13ClO2S/c1-8-3-6-12(17-8)13(15)9-4-5-10(14)11(7-9)16-2/h3-7,13,15H,1-2H3. The molecule has 0 aliphatic carbocycles. The number of rotatable bonds is 3. The highest BCUT2D eigenvalue weighted by Gasteiger charge is 2.14. The van der Waals surface area contributed by atoms with Crippen LogP contribution in [0.1, 0.15) is 21.4 Å². The van der Waals surface area contributed by atoms with Crippen molar-refractivity contribution >= 4 is 22.9 Å². The normalized spacial score (nSPS) is 12.5. The SMILES string of the molecule is COc1cc(C(O)c2ccc(C)s2)ccc1Cl. The van der Waals surface area contributed by atoms with Crippen LogP contribution in [0.3, 0.4) is 0 Å². The molecule has 1 unspecified atom stereocenters. The summed E-state index contributed by atoms with van der Waals surface area (Å²) in [6, 6.07) is 9.24. The van der Waals surface area contributed by atoms with Gasteiger partial charge in [0.05, 0.1) is 12.1 Å². The monoisotopic (exact) mass is 268 g/mol. The first kappa shape index (κ1) is 12.4. The van der Waals surface area contributed by atoms with E-state index in [4.69, 9.17) is 16.3 Å². The molecule has 90 valence electrons. The first-order valence-electron chi connectivity index (χ1n) is 5.19. The van der Waals surface area contributed by atoms with E-state index in [1.807, 2.05) is 25.1 Å². The molecule has 2 aromatic rings. The zero-order chi connectivity index (χ0) is 12.4. The molecule has 0 radical (unpaired) electrons. The molecular weight excluding hydrogens is 256 g/mol. The number of aliphatic hydroxyl groups is 1. The Morgan fingerprint density at radius 1 is 1.29 bits per heavy atom. The van der Waals surface area contributed by atoms with Crippen LogP contribution in [0.25, 0.3) is 0 Å². The van der Waals surface area contributed by atoms with Gasteiger partial charge >= 0.3 is 0 Å². The Balaban J connectivity index is 2.34. The predicted octanol–water partition coefficient (Wildman–Crippen LogP) is 3.80. The van der Waals surface area contributed by atoms with Gasteiger partial charge in [0, 0.05) is 9.75 Å². The van der Waals surface area contributed by atoms with E-state index in [-0.39, 0.29) is 0 Å². The third kappa shape index (κ3) is 2.63. The summed E-state index contributed by atoms with van der Waals surface area (Å²) in [7, 11) is 1.56. The number of methoxy groups -OCH3 is 1. The predicted molar refractivity (Wildman–Crippen MR) is 71.1 cm³/mol. The lowest BCUT2D eigenvalue weighted by Crippen LogP contribution is -1.97. The summed E-state index contributed by atoms with van der Waals surface area (Å²) < 4.78 is 5.14. The number of thiophene rings is 1. The number of hydrogen-bond donors (Lipinski definition) is 1. The van der Waals surface area contributed by atoms with E-state index < -0.39 is 6.10 Å². The molecule has 0 spiro atoms. The van der Waals surface area contributed by atoms with Crippen LogP contribution >= 0.6 is 22.9 Å². The van der Waals surface area contributed by atoms with Crippen LogP contribution in [0.4, 0.5) is 0 Å². The molecule has 0 aliphatic heterocycles. The van der Waals surface area contributed by atoms with Crippen LogP contribution < -0.4 is 4.74 Å². The highest BCUT2D eigenvalue weighted by atomic mass is 35.5. The Labute approximate surface area is 109 Å². The van der Waals surface area contributed by atoms with Crippen molar-refractivity contribution in [1.82, 2.24) is 0 Å². The number of aryl methyl sites for hydroxylation is 1. The first-order chi connectivity index (χ1) is 8.11. The van der Waals surface area contributed by atoms with Crippen molar-refractivity contribution in [3.63, 3.8) is 0 Å². The highest BCUT2D eigenvalue weighted by molar-refractivity contribution is 7.12. The molecule has 1 N–H and O–H groups in total. The molecule has 0 amide bonds. The van der Waals surface area contributed by atoms with Crippen LogP contribution in [0.5, 0.6) is 5.75 Å². The van der Waals surface area contributed by atoms with Crippen molar-refractivity contribution in [3.8, 4) is 5.75 Å². The van der Waals surface area contributed by atoms with E-state index in [1.165, 1.54) is 4.88 Å². The van der Waals surface area contributed by atoms with Crippen LogP contribution in [0, 0.1) is 6.92 Å². The average molecular weight is 269 g/mol. The number of aliphatic hydroxyl groups excluding tert-OH is 1. The molecule has 0 saturated heterocycles. The van der Waals surface area contributed by atoms with Crippen LogP contribution in [0.2, 0.25) is 5.02 Å². The lowest BCUT2D eigenvalue weighted by atomic mass is 10.1. The van der Waals surface area contributed by atoms with Crippen molar-refractivity contribution in [2.75, 3.05) is 7.11 Å². The summed E-state index contributed by atoms with van der Waals surface area (Å²) in [4.78, 5) is 2.10. The maximum Gasteiger partial charge on any atom is 0.137 e. The second kappa shape index (κ2) is 5.08. The van der Waals surface area contributed by atoms with E-state index >= 15 is 0 Å². The van der Waals surface area contributed by atoms with Crippen molar-refractivity contribution in [3.05, 3.63) is 50.7 Å². The molecule has 0 fully saturated rings. The Morgan fingerprint density at radius 2 is 2.06 bits per heavy atom. The largest absolute Gasteiger partial charge is 0.495 e. The minimum absolute atomic E-state index is 0.547. The van der Waals surface area contributed by atoms with E-state index in [2.05, 4.69) is 0 Å². The van der Waals surface area contributed by atoms with E-state index in [0.717, 1.165) is 10.4 Å². The third-order valence-electron chi connectivity index (χ3n) is 2.52. The molecule has 2 nitrogen and oxygen atoms in total. The maximum absolute atomic E-state index is 10.2. The quantitative estimate of drug-likeness (QED) is 0.917. The van der Waals surface area contributed by atoms with Gasteiger partial charge in [-0.15, -0.1) is 11.3 Å². The Kier molecular flexibility index (Phi) is 3.72. The first-order valence-corrected chi connectivity index (χ1v) is 6.39. The second-order valence-electron chi connectivity index (χ2n) is 3.74. The molecule has 0 saturated carbocycles. The van der Waals surface area contributed by atoms with Crippen molar-refractivity contribution in [2.45, 2.75) is 13.0 Å². The fourth-order valence-electron chi connectivity index (χ4n) is 1.61. The van der Waals surface area contributed by atoms with Gasteiger partial charge in [-0.2, -0.15) is 0 Å². The average Bonchev–Trinajstić information content (AvgIpc) is 2.75. The van der Waals surface area contributed by atoms with Gasteiger partial charge in [-0.25, -0.2) is 0 Å². The Morgan fingerprint density at radius 3 is 2.65 bits per heavy atom. The zero-order valence-corrected chi connectivity index (χ0v) is 11.2. The summed E-state index contributed by atoms with van der Waals surface area (Å²) in [5.74, 6) is 0.580. The number of benzene rings is 1. The molecule has 17 heavy (non-hydrogen) atoms. The van der Waals surface area contributed by atoms with Gasteiger partial charge in [0.25, 0.3) is 0 Å². The lowest BCUT2D eigenvalue weighted by molar-refractivity contribution is 0.223. The van der Waals surface area contributed by atoms with E-state index in [9.17, 15) is 5.11 Å².